The zero-order chi connectivity index (χ0) is 30.1. The average molecular weight is 591 g/mol. The van der Waals surface area contributed by atoms with E-state index in [4.69, 9.17) is 13.8 Å². The van der Waals surface area contributed by atoms with Crippen LogP contribution in [-0.2, 0) is 9.22 Å². The van der Waals surface area contributed by atoms with E-state index in [0.717, 1.165) is 87.3 Å². The summed E-state index contributed by atoms with van der Waals surface area (Å²) < 4.78 is 12.8. The summed E-state index contributed by atoms with van der Waals surface area (Å²) in [5.41, 5.74) is 4.30. The maximum atomic E-state index is 13.3. The van der Waals surface area contributed by atoms with Gasteiger partial charge in [0.2, 0.25) is 0 Å². The molecular weight excluding hydrogens is 544 g/mol. The standard InChI is InChI=1S/C33H46N4O4Si/c1-22-8-7-9-26(34-22)31(39)35-27-19-30-28(36-32(41-30)25-12-10-23(20-38)11-13-25)18-29(27)37-16-14-24(15-17-37)21-40-42(5,6)33(2,3)4/h7-9,18-20,23-25H,10-17,21H2,1-6H3,(H,35,39)/t23-,25-. The van der Waals surface area contributed by atoms with Gasteiger partial charge >= 0.3 is 0 Å². The van der Waals surface area contributed by atoms with E-state index in [1.54, 1.807) is 6.07 Å². The molecule has 1 saturated carbocycles. The molecular formula is C33H46N4O4Si. The number of carbonyl (C=O) groups excluding carboxylic acids is 2. The second-order valence-electron chi connectivity index (χ2n) is 13.8. The molecule has 3 aromatic rings. The second kappa shape index (κ2) is 12.3. The molecule has 1 N–H and O–H groups in total. The SMILES string of the molecule is Cc1cccc(C(=O)Nc2cc3oc([C@H]4CC[C@H](C=O)CC4)nc3cc2N2CCC(CO[Si](C)(C)C(C)(C)C)CC2)n1. The van der Waals surface area contributed by atoms with Gasteiger partial charge in [0.15, 0.2) is 19.8 Å². The maximum Gasteiger partial charge on any atom is 0.274 e. The van der Waals surface area contributed by atoms with Crippen LogP contribution in [0.4, 0.5) is 11.4 Å². The fraction of sp³-hybridized carbons (Fsp3) is 0.576. The minimum Gasteiger partial charge on any atom is -0.440 e. The summed E-state index contributed by atoms with van der Waals surface area (Å²) in [5.74, 6) is 1.36. The molecule has 226 valence electrons. The summed E-state index contributed by atoms with van der Waals surface area (Å²) >= 11 is 0. The number of amides is 1. The van der Waals surface area contributed by atoms with Gasteiger partial charge in [-0.05, 0) is 87.7 Å². The molecule has 0 unspecified atom stereocenters. The molecule has 0 radical (unpaired) electrons. The third kappa shape index (κ3) is 6.78. The van der Waals surface area contributed by atoms with Crippen LogP contribution >= 0.6 is 0 Å². The van der Waals surface area contributed by atoms with Crippen LogP contribution in [0.15, 0.2) is 34.7 Å². The molecule has 8 nitrogen and oxygen atoms in total. The number of hydrogen-bond donors (Lipinski definition) is 1. The second-order valence-corrected chi connectivity index (χ2v) is 18.6. The summed E-state index contributed by atoms with van der Waals surface area (Å²) in [6.07, 6.45) is 6.68. The van der Waals surface area contributed by atoms with Crippen molar-refractivity contribution in [2.24, 2.45) is 11.8 Å². The van der Waals surface area contributed by atoms with Crippen LogP contribution in [0.5, 0.6) is 0 Å². The number of hydrogen-bond acceptors (Lipinski definition) is 7. The topological polar surface area (TPSA) is 97.6 Å². The first-order valence-electron chi connectivity index (χ1n) is 15.5. The molecule has 1 aromatic carbocycles. The Morgan fingerprint density at radius 3 is 2.45 bits per heavy atom. The van der Waals surface area contributed by atoms with Gasteiger partial charge in [0.05, 0.1) is 11.4 Å². The highest BCUT2D eigenvalue weighted by Crippen LogP contribution is 2.40. The van der Waals surface area contributed by atoms with Crippen LogP contribution in [-0.4, -0.2) is 50.2 Å². The predicted octanol–water partition coefficient (Wildman–Crippen LogP) is 7.49. The zero-order valence-electron chi connectivity index (χ0n) is 26.0. The van der Waals surface area contributed by atoms with Crippen molar-refractivity contribution in [3.05, 3.63) is 47.6 Å². The van der Waals surface area contributed by atoms with Gasteiger partial charge in [-0.15, -0.1) is 0 Å². The van der Waals surface area contributed by atoms with Gasteiger partial charge in [-0.2, -0.15) is 0 Å². The van der Waals surface area contributed by atoms with Crippen molar-refractivity contribution in [2.45, 2.75) is 90.3 Å². The summed E-state index contributed by atoms with van der Waals surface area (Å²) in [6, 6.07) is 9.44. The lowest BCUT2D eigenvalue weighted by Gasteiger charge is -2.39. The molecule has 2 aromatic heterocycles. The Labute approximate surface area is 250 Å². The molecule has 2 fully saturated rings. The van der Waals surface area contributed by atoms with E-state index in [9.17, 15) is 9.59 Å². The number of rotatable bonds is 8. The number of pyridine rings is 1. The zero-order valence-corrected chi connectivity index (χ0v) is 27.0. The van der Waals surface area contributed by atoms with Crippen LogP contribution in [0.25, 0.3) is 11.1 Å². The Morgan fingerprint density at radius 1 is 1.10 bits per heavy atom. The first kappa shape index (κ1) is 30.4. The highest BCUT2D eigenvalue weighted by atomic mass is 28.4. The van der Waals surface area contributed by atoms with Crippen molar-refractivity contribution in [1.82, 2.24) is 9.97 Å². The van der Waals surface area contributed by atoms with E-state index in [1.807, 2.05) is 25.1 Å². The molecule has 5 rings (SSSR count). The third-order valence-corrected chi connectivity index (χ3v) is 14.1. The van der Waals surface area contributed by atoms with Crippen molar-refractivity contribution < 1.29 is 18.4 Å². The van der Waals surface area contributed by atoms with Gasteiger partial charge in [-0.3, -0.25) is 4.79 Å². The van der Waals surface area contributed by atoms with Crippen LogP contribution in [0.3, 0.4) is 0 Å². The van der Waals surface area contributed by atoms with E-state index < -0.39 is 8.32 Å². The molecule has 0 spiro atoms. The number of anilines is 2. The molecule has 1 amide bonds. The number of aryl methyl sites for hydroxylation is 1. The minimum atomic E-state index is -1.79. The quantitative estimate of drug-likeness (QED) is 0.214. The molecule has 9 heteroatoms. The Hall–Kier alpha value is -3.04. The molecule has 1 aliphatic heterocycles. The fourth-order valence-electron chi connectivity index (χ4n) is 5.76. The summed E-state index contributed by atoms with van der Waals surface area (Å²) in [6.45, 7) is 15.9. The Bertz CT molecular complexity index is 1410. The van der Waals surface area contributed by atoms with Crippen LogP contribution < -0.4 is 10.2 Å². The number of nitrogens with zero attached hydrogens (tertiary/aromatic N) is 3. The van der Waals surface area contributed by atoms with Crippen molar-refractivity contribution >= 4 is 43.0 Å². The normalized spacial score (nSPS) is 20.6. The van der Waals surface area contributed by atoms with Gasteiger partial charge in [-0.25, -0.2) is 9.97 Å². The van der Waals surface area contributed by atoms with Gasteiger partial charge in [0, 0.05) is 43.3 Å². The van der Waals surface area contributed by atoms with E-state index in [2.05, 4.69) is 55.1 Å². The van der Waals surface area contributed by atoms with Gasteiger partial charge < -0.3 is 23.9 Å². The van der Waals surface area contributed by atoms with Crippen LogP contribution in [0.1, 0.15) is 87.3 Å². The summed E-state index contributed by atoms with van der Waals surface area (Å²) in [5, 5.41) is 3.33. The molecule has 0 atom stereocenters. The average Bonchev–Trinajstić information content (AvgIpc) is 3.38. The highest BCUT2D eigenvalue weighted by Gasteiger charge is 2.38. The molecule has 2 aliphatic rings. The minimum absolute atomic E-state index is 0.143. The molecule has 3 heterocycles. The van der Waals surface area contributed by atoms with E-state index in [0.29, 0.717) is 22.9 Å². The van der Waals surface area contributed by atoms with E-state index >= 15 is 0 Å². The molecule has 0 bridgehead atoms. The smallest absolute Gasteiger partial charge is 0.274 e. The fourth-order valence-corrected chi connectivity index (χ4v) is 6.84. The van der Waals surface area contributed by atoms with E-state index in [-0.39, 0.29) is 22.8 Å². The number of aldehydes is 1. The number of piperidine rings is 1. The number of fused-ring (bicyclic) bond motifs is 1. The van der Waals surface area contributed by atoms with Gasteiger partial charge in [0.1, 0.15) is 17.5 Å². The van der Waals surface area contributed by atoms with Gasteiger partial charge in [0.25, 0.3) is 5.91 Å². The summed E-state index contributed by atoms with van der Waals surface area (Å²) in [7, 11) is -1.79. The number of carbonyl (C=O) groups is 2. The Balaban J connectivity index is 1.37. The molecule has 42 heavy (non-hydrogen) atoms. The Morgan fingerprint density at radius 2 is 1.81 bits per heavy atom. The number of oxazole rings is 1. The lowest BCUT2D eigenvalue weighted by molar-refractivity contribution is -0.112. The number of aromatic nitrogens is 2. The molecule has 1 aliphatic carbocycles. The largest absolute Gasteiger partial charge is 0.440 e. The monoisotopic (exact) mass is 590 g/mol. The number of nitrogens with one attached hydrogen (secondary N) is 1. The van der Waals surface area contributed by atoms with Gasteiger partial charge in [-0.1, -0.05) is 26.8 Å². The third-order valence-electron chi connectivity index (χ3n) is 9.65. The van der Waals surface area contributed by atoms with Crippen molar-refractivity contribution in [3.63, 3.8) is 0 Å². The first-order valence-corrected chi connectivity index (χ1v) is 18.4. The van der Waals surface area contributed by atoms with E-state index in [1.165, 1.54) is 0 Å². The molecule has 1 saturated heterocycles. The maximum absolute atomic E-state index is 13.3. The lowest BCUT2D eigenvalue weighted by Crippen LogP contribution is -2.43. The van der Waals surface area contributed by atoms with Crippen molar-refractivity contribution in [2.75, 3.05) is 29.9 Å². The Kier molecular flexibility index (Phi) is 8.90. The van der Waals surface area contributed by atoms with Crippen LogP contribution in [0.2, 0.25) is 18.1 Å². The van der Waals surface area contributed by atoms with Crippen molar-refractivity contribution in [1.29, 1.82) is 0 Å². The van der Waals surface area contributed by atoms with Crippen molar-refractivity contribution in [3.8, 4) is 0 Å². The predicted molar refractivity (Wildman–Crippen MR) is 170 cm³/mol. The van der Waals surface area contributed by atoms with Crippen LogP contribution in [0, 0.1) is 18.8 Å². The highest BCUT2D eigenvalue weighted by molar-refractivity contribution is 6.74. The lowest BCUT2D eigenvalue weighted by atomic mass is 9.83. The number of benzene rings is 1. The summed E-state index contributed by atoms with van der Waals surface area (Å²) in [4.78, 5) is 36.2. The first-order chi connectivity index (χ1) is 19.9.